The highest BCUT2D eigenvalue weighted by Gasteiger charge is 2.21. The molecule has 2 N–H and O–H groups in total. The van der Waals surface area contributed by atoms with E-state index in [2.05, 4.69) is 25.9 Å². The molecule has 1 aromatic carbocycles. The Morgan fingerprint density at radius 3 is 2.75 bits per heavy atom. The number of fused-ring (bicyclic) bond motifs is 4. The Labute approximate surface area is 120 Å². The summed E-state index contributed by atoms with van der Waals surface area (Å²) in [5, 5.41) is 9.08. The maximum Gasteiger partial charge on any atom is 0.357 e. The van der Waals surface area contributed by atoms with E-state index in [1.54, 1.807) is 4.40 Å². The molecule has 2 aromatic heterocycles. The van der Waals surface area contributed by atoms with Crippen LogP contribution < -0.4 is 9.47 Å². The van der Waals surface area contributed by atoms with Crippen LogP contribution in [-0.4, -0.2) is 38.7 Å². The van der Waals surface area contributed by atoms with E-state index >= 15 is 0 Å². The number of hydrogen-bond donors (Lipinski definition) is 2. The molecular formula is C12H8BrN3O4. The number of carboxylic acid groups (broad SMARTS) is 1. The molecule has 0 amide bonds. The molecule has 7 nitrogen and oxygen atoms in total. The molecule has 1 aliphatic heterocycles. The maximum absolute atomic E-state index is 11.1. The van der Waals surface area contributed by atoms with Crippen molar-refractivity contribution in [1.29, 1.82) is 0 Å². The van der Waals surface area contributed by atoms with Gasteiger partial charge < -0.3 is 19.6 Å². The molecule has 0 saturated carbocycles. The van der Waals surface area contributed by atoms with Gasteiger partial charge in [-0.25, -0.2) is 9.78 Å². The molecule has 0 atom stereocenters. The molecule has 3 aromatic rings. The number of nitrogens with zero attached hydrogens (tertiary/aromatic N) is 2. The van der Waals surface area contributed by atoms with E-state index in [-0.39, 0.29) is 5.69 Å². The zero-order chi connectivity index (χ0) is 13.9. The third-order valence-corrected chi connectivity index (χ3v) is 3.90. The Bertz CT molecular complexity index is 867. The second kappa shape index (κ2) is 3.89. The van der Waals surface area contributed by atoms with Gasteiger partial charge in [0.05, 0.1) is 11.0 Å². The molecular weight excluding hydrogens is 330 g/mol. The van der Waals surface area contributed by atoms with Gasteiger partial charge in [-0.15, -0.1) is 0 Å². The van der Waals surface area contributed by atoms with Gasteiger partial charge in [-0.1, -0.05) is 0 Å². The predicted molar refractivity (Wildman–Crippen MR) is 72.7 cm³/mol. The van der Waals surface area contributed by atoms with Crippen LogP contribution >= 0.6 is 15.9 Å². The van der Waals surface area contributed by atoms with Gasteiger partial charge in [-0.2, -0.15) is 0 Å². The number of rotatable bonds is 1. The second-order valence-corrected chi connectivity index (χ2v) is 5.10. The lowest BCUT2D eigenvalue weighted by atomic mass is 10.2. The van der Waals surface area contributed by atoms with Crippen LogP contribution in [0.15, 0.2) is 16.7 Å². The van der Waals surface area contributed by atoms with E-state index in [9.17, 15) is 4.79 Å². The van der Waals surface area contributed by atoms with Gasteiger partial charge in [-0.3, -0.25) is 4.40 Å². The average molecular weight is 338 g/mol. The summed E-state index contributed by atoms with van der Waals surface area (Å²) < 4.78 is 13.1. The third kappa shape index (κ3) is 1.45. The fourth-order valence-electron chi connectivity index (χ4n) is 2.32. The van der Waals surface area contributed by atoms with E-state index in [0.29, 0.717) is 35.1 Å². The molecule has 20 heavy (non-hydrogen) atoms. The Hall–Kier alpha value is -2.22. The van der Waals surface area contributed by atoms with Crippen LogP contribution in [0.3, 0.4) is 0 Å². The summed E-state index contributed by atoms with van der Waals surface area (Å²) in [6, 6.07) is 3.64. The Balaban J connectivity index is 2.06. The molecule has 4 rings (SSSR count). The number of halogens is 1. The molecule has 0 aliphatic carbocycles. The van der Waals surface area contributed by atoms with Gasteiger partial charge in [0.25, 0.3) is 0 Å². The van der Waals surface area contributed by atoms with E-state index in [1.165, 1.54) is 0 Å². The van der Waals surface area contributed by atoms with Crippen molar-refractivity contribution in [2.75, 3.05) is 13.2 Å². The fourth-order valence-corrected chi connectivity index (χ4v) is 2.94. The van der Waals surface area contributed by atoms with Gasteiger partial charge >= 0.3 is 5.97 Å². The van der Waals surface area contributed by atoms with E-state index in [0.717, 1.165) is 11.0 Å². The summed E-state index contributed by atoms with van der Waals surface area (Å²) in [5.74, 6) is 0.677. The van der Waals surface area contributed by atoms with Crippen molar-refractivity contribution in [3.8, 4) is 11.5 Å². The van der Waals surface area contributed by atoms with Crippen LogP contribution in [0.1, 0.15) is 10.5 Å². The van der Waals surface area contributed by atoms with Gasteiger partial charge in [0.15, 0.2) is 17.2 Å². The second-order valence-electron chi connectivity index (χ2n) is 4.35. The normalized spacial score (nSPS) is 14.1. The van der Waals surface area contributed by atoms with Crippen molar-refractivity contribution < 1.29 is 19.4 Å². The SMILES string of the molecule is O=C(O)c1nc2[nH]c3cc4c(cc3n2c1Br)OCCO4. The lowest BCUT2D eigenvalue weighted by Gasteiger charge is -2.17. The number of nitrogens with one attached hydrogen (secondary N) is 1. The van der Waals surface area contributed by atoms with E-state index in [4.69, 9.17) is 14.6 Å². The fraction of sp³-hybridized carbons (Fsp3) is 0.167. The van der Waals surface area contributed by atoms with Crippen LogP contribution in [-0.2, 0) is 0 Å². The number of benzene rings is 1. The molecule has 0 saturated heterocycles. The standard InChI is InChI=1S/C12H8BrN3O4/c13-10-9(11(17)18)15-12-14-5-3-7-8(20-2-1-19-7)4-6(5)16(10)12/h3-4H,1-2H2,(H,14,15)(H,17,18). The summed E-state index contributed by atoms with van der Waals surface area (Å²) >= 11 is 3.28. The van der Waals surface area contributed by atoms with Gasteiger partial charge in [0.1, 0.15) is 17.8 Å². The molecule has 8 heteroatoms. The van der Waals surface area contributed by atoms with Crippen LogP contribution in [0.25, 0.3) is 16.8 Å². The van der Waals surface area contributed by atoms with Crippen molar-refractivity contribution in [3.63, 3.8) is 0 Å². The first-order chi connectivity index (χ1) is 9.65. The highest BCUT2D eigenvalue weighted by Crippen LogP contribution is 2.36. The van der Waals surface area contributed by atoms with Crippen molar-refractivity contribution in [2.24, 2.45) is 0 Å². The third-order valence-electron chi connectivity index (χ3n) is 3.17. The number of imidazole rings is 2. The number of aromatic carboxylic acids is 1. The lowest BCUT2D eigenvalue weighted by Crippen LogP contribution is -2.15. The summed E-state index contributed by atoms with van der Waals surface area (Å²) in [6.45, 7) is 1.01. The number of aromatic nitrogens is 3. The van der Waals surface area contributed by atoms with Crippen molar-refractivity contribution in [3.05, 3.63) is 22.4 Å². The summed E-state index contributed by atoms with van der Waals surface area (Å²) in [4.78, 5) is 18.2. The van der Waals surface area contributed by atoms with Crippen molar-refractivity contribution >= 4 is 38.7 Å². The molecule has 0 fully saturated rings. The molecule has 0 spiro atoms. The molecule has 0 unspecified atom stereocenters. The van der Waals surface area contributed by atoms with Gasteiger partial charge in [0, 0.05) is 12.1 Å². The number of ether oxygens (including phenoxy) is 2. The zero-order valence-electron chi connectivity index (χ0n) is 10.0. The minimum atomic E-state index is -1.08. The largest absolute Gasteiger partial charge is 0.486 e. The minimum absolute atomic E-state index is 0.0342. The highest BCUT2D eigenvalue weighted by atomic mass is 79.9. The first kappa shape index (κ1) is 11.6. The quantitative estimate of drug-likeness (QED) is 0.709. The molecule has 102 valence electrons. The first-order valence-electron chi connectivity index (χ1n) is 5.88. The minimum Gasteiger partial charge on any atom is -0.486 e. The smallest absolute Gasteiger partial charge is 0.357 e. The first-order valence-corrected chi connectivity index (χ1v) is 6.67. The molecule has 3 heterocycles. The van der Waals surface area contributed by atoms with E-state index in [1.807, 2.05) is 12.1 Å². The van der Waals surface area contributed by atoms with E-state index < -0.39 is 5.97 Å². The summed E-state index contributed by atoms with van der Waals surface area (Å²) in [7, 11) is 0. The maximum atomic E-state index is 11.1. The van der Waals surface area contributed by atoms with Gasteiger partial charge in [0.2, 0.25) is 5.78 Å². The number of carboxylic acids is 1. The monoisotopic (exact) mass is 337 g/mol. The lowest BCUT2D eigenvalue weighted by molar-refractivity contribution is 0.0690. The van der Waals surface area contributed by atoms with Gasteiger partial charge in [-0.05, 0) is 15.9 Å². The Morgan fingerprint density at radius 1 is 1.35 bits per heavy atom. The number of aromatic amines is 1. The van der Waals surface area contributed by atoms with Crippen molar-refractivity contribution in [2.45, 2.75) is 0 Å². The average Bonchev–Trinajstić information content (AvgIpc) is 2.93. The van der Waals surface area contributed by atoms with Crippen LogP contribution in [0.5, 0.6) is 11.5 Å². The zero-order valence-corrected chi connectivity index (χ0v) is 11.6. The Kier molecular flexibility index (Phi) is 2.25. The highest BCUT2D eigenvalue weighted by molar-refractivity contribution is 9.10. The molecule has 0 radical (unpaired) electrons. The molecule has 1 aliphatic rings. The Morgan fingerprint density at radius 2 is 2.05 bits per heavy atom. The van der Waals surface area contributed by atoms with Crippen molar-refractivity contribution in [1.82, 2.24) is 14.4 Å². The van der Waals surface area contributed by atoms with Crippen LogP contribution in [0, 0.1) is 0 Å². The number of carbonyl (C=O) groups is 1. The number of hydrogen-bond acceptors (Lipinski definition) is 4. The predicted octanol–water partition coefficient (Wildman–Crippen LogP) is 2.05. The topological polar surface area (TPSA) is 88.8 Å². The number of H-pyrrole nitrogens is 1. The summed E-state index contributed by atoms with van der Waals surface area (Å²) in [5.41, 5.74) is 1.54. The van der Waals surface area contributed by atoms with Crippen LogP contribution in [0.2, 0.25) is 0 Å². The summed E-state index contributed by atoms with van der Waals surface area (Å²) in [6.07, 6.45) is 0. The molecule has 0 bridgehead atoms. The van der Waals surface area contributed by atoms with Crippen LogP contribution in [0.4, 0.5) is 0 Å².